The lowest BCUT2D eigenvalue weighted by Gasteiger charge is -2.36. The summed E-state index contributed by atoms with van der Waals surface area (Å²) in [6, 6.07) is 15.2. The van der Waals surface area contributed by atoms with Gasteiger partial charge in [-0.25, -0.2) is 0 Å². The molecule has 0 atom stereocenters. The fraction of sp³-hybridized carbons (Fsp3) is 0.263. The van der Waals surface area contributed by atoms with Crippen LogP contribution in [0.5, 0.6) is 0 Å². The molecule has 124 valence electrons. The molecule has 0 aromatic heterocycles. The monoisotopic (exact) mass is 386 g/mol. The van der Waals surface area contributed by atoms with Crippen molar-refractivity contribution in [3.05, 3.63) is 64.1 Å². The summed E-state index contributed by atoms with van der Waals surface area (Å²) in [6.45, 7) is 4.46. The van der Waals surface area contributed by atoms with Crippen molar-refractivity contribution in [2.24, 2.45) is 0 Å². The van der Waals surface area contributed by atoms with Crippen LogP contribution in [0.1, 0.15) is 27.6 Å². The summed E-state index contributed by atoms with van der Waals surface area (Å²) in [7, 11) is 0. The van der Waals surface area contributed by atoms with Crippen molar-refractivity contribution in [2.45, 2.75) is 6.92 Å². The summed E-state index contributed by atoms with van der Waals surface area (Å²) >= 11 is 3.41. The molecule has 1 heterocycles. The maximum Gasteiger partial charge on any atom is 0.254 e. The van der Waals surface area contributed by atoms with Crippen LogP contribution in [0, 0.1) is 0 Å². The number of carbonyl (C=O) groups excluding carboxylic acids is 2. The largest absolute Gasteiger partial charge is 0.368 e. The van der Waals surface area contributed by atoms with Gasteiger partial charge in [0.05, 0.1) is 0 Å². The second-order valence-electron chi connectivity index (χ2n) is 5.90. The van der Waals surface area contributed by atoms with Gasteiger partial charge in [0.25, 0.3) is 5.91 Å². The molecule has 5 heteroatoms. The highest BCUT2D eigenvalue weighted by atomic mass is 79.9. The van der Waals surface area contributed by atoms with Crippen LogP contribution in [0.15, 0.2) is 53.0 Å². The lowest BCUT2D eigenvalue weighted by molar-refractivity contribution is 0.0746. The average Bonchev–Trinajstić information content (AvgIpc) is 2.61. The highest BCUT2D eigenvalue weighted by molar-refractivity contribution is 9.10. The van der Waals surface area contributed by atoms with Gasteiger partial charge in [-0.1, -0.05) is 34.1 Å². The first-order valence-electron chi connectivity index (χ1n) is 7.95. The molecule has 24 heavy (non-hydrogen) atoms. The van der Waals surface area contributed by atoms with Gasteiger partial charge in [0.15, 0.2) is 5.78 Å². The lowest BCUT2D eigenvalue weighted by atomic mass is 10.1. The number of Topliss-reactive ketones (excluding diaryl/α,β-unsaturated/α-hetero) is 1. The normalized spacial score (nSPS) is 14.6. The Labute approximate surface area is 150 Å². The number of hydrogen-bond donors (Lipinski definition) is 0. The van der Waals surface area contributed by atoms with Crippen LogP contribution < -0.4 is 4.90 Å². The first-order chi connectivity index (χ1) is 11.5. The van der Waals surface area contributed by atoms with Crippen LogP contribution in [0.2, 0.25) is 0 Å². The predicted octanol–water partition coefficient (Wildman–Crippen LogP) is 3.61. The van der Waals surface area contributed by atoms with Crippen molar-refractivity contribution >= 4 is 33.3 Å². The maximum absolute atomic E-state index is 12.6. The molecule has 3 rings (SSSR count). The van der Waals surface area contributed by atoms with Crippen LogP contribution in [-0.4, -0.2) is 42.8 Å². The van der Waals surface area contributed by atoms with Crippen LogP contribution in [0.4, 0.5) is 5.69 Å². The molecule has 1 aliphatic rings. The van der Waals surface area contributed by atoms with Gasteiger partial charge in [-0.05, 0) is 37.3 Å². The van der Waals surface area contributed by atoms with Gasteiger partial charge in [-0.2, -0.15) is 0 Å². The van der Waals surface area contributed by atoms with E-state index in [2.05, 4.69) is 20.8 Å². The number of carbonyl (C=O) groups is 2. The number of hydrogen-bond acceptors (Lipinski definition) is 3. The maximum atomic E-state index is 12.6. The smallest absolute Gasteiger partial charge is 0.254 e. The molecule has 0 saturated carbocycles. The standard InChI is InChI=1S/C19H19BrN2O2/c1-14(23)15-4-3-7-18(13-15)21-8-10-22(11-9-21)19(24)16-5-2-6-17(20)12-16/h2-7,12-13H,8-11H2,1H3. The number of piperazine rings is 1. The van der Waals surface area contributed by atoms with Gasteiger partial charge in [0.1, 0.15) is 0 Å². The Kier molecular flexibility index (Phi) is 5.00. The van der Waals surface area contributed by atoms with Crippen molar-refractivity contribution in [1.82, 2.24) is 4.90 Å². The van der Waals surface area contributed by atoms with E-state index in [-0.39, 0.29) is 11.7 Å². The molecule has 0 N–H and O–H groups in total. The molecule has 1 aliphatic heterocycles. The molecule has 2 aromatic rings. The van der Waals surface area contributed by atoms with Crippen LogP contribution >= 0.6 is 15.9 Å². The van der Waals surface area contributed by atoms with Crippen molar-refractivity contribution in [2.75, 3.05) is 31.1 Å². The lowest BCUT2D eigenvalue weighted by Crippen LogP contribution is -2.48. The third kappa shape index (κ3) is 3.67. The minimum atomic E-state index is 0.0634. The molecule has 1 fully saturated rings. The molecule has 0 aliphatic carbocycles. The van der Waals surface area contributed by atoms with Gasteiger partial charge in [-0.3, -0.25) is 9.59 Å². The first-order valence-corrected chi connectivity index (χ1v) is 8.75. The minimum Gasteiger partial charge on any atom is -0.368 e. The Balaban J connectivity index is 1.66. The Morgan fingerprint density at radius 1 is 0.917 bits per heavy atom. The Hall–Kier alpha value is -2.14. The molecule has 2 aromatic carbocycles. The van der Waals surface area contributed by atoms with Gasteiger partial charge < -0.3 is 9.80 Å². The second kappa shape index (κ2) is 7.18. The molecule has 1 amide bonds. The van der Waals surface area contributed by atoms with Crippen molar-refractivity contribution in [3.63, 3.8) is 0 Å². The molecular weight excluding hydrogens is 368 g/mol. The number of benzene rings is 2. The number of anilines is 1. The summed E-state index contributed by atoms with van der Waals surface area (Å²) in [5.74, 6) is 0.133. The summed E-state index contributed by atoms with van der Waals surface area (Å²) in [4.78, 5) is 28.2. The van der Waals surface area contributed by atoms with E-state index in [4.69, 9.17) is 0 Å². The molecule has 0 spiro atoms. The summed E-state index contributed by atoms with van der Waals surface area (Å²) in [5.41, 5.74) is 2.47. The molecule has 0 bridgehead atoms. The zero-order chi connectivity index (χ0) is 17.1. The Morgan fingerprint density at radius 2 is 1.58 bits per heavy atom. The third-order valence-corrected chi connectivity index (χ3v) is 4.75. The van der Waals surface area contributed by atoms with E-state index < -0.39 is 0 Å². The van der Waals surface area contributed by atoms with E-state index in [1.54, 1.807) is 6.92 Å². The van der Waals surface area contributed by atoms with E-state index in [0.29, 0.717) is 18.7 Å². The fourth-order valence-corrected chi connectivity index (χ4v) is 3.29. The van der Waals surface area contributed by atoms with E-state index >= 15 is 0 Å². The fourth-order valence-electron chi connectivity index (χ4n) is 2.89. The molecule has 1 saturated heterocycles. The highest BCUT2D eigenvalue weighted by Crippen LogP contribution is 2.20. The number of amides is 1. The van der Waals surface area contributed by atoms with E-state index in [0.717, 1.165) is 28.8 Å². The summed E-state index contributed by atoms with van der Waals surface area (Å²) in [6.07, 6.45) is 0. The molecule has 0 unspecified atom stereocenters. The summed E-state index contributed by atoms with van der Waals surface area (Å²) < 4.78 is 0.910. The van der Waals surface area contributed by atoms with E-state index in [9.17, 15) is 9.59 Å². The van der Waals surface area contributed by atoms with E-state index in [1.165, 1.54) is 0 Å². The predicted molar refractivity (Wildman–Crippen MR) is 98.7 cm³/mol. The highest BCUT2D eigenvalue weighted by Gasteiger charge is 2.22. The average molecular weight is 387 g/mol. The number of ketones is 1. The summed E-state index contributed by atoms with van der Waals surface area (Å²) in [5, 5.41) is 0. The van der Waals surface area contributed by atoms with Crippen molar-refractivity contribution < 1.29 is 9.59 Å². The number of halogens is 1. The second-order valence-corrected chi connectivity index (χ2v) is 6.81. The quantitative estimate of drug-likeness (QED) is 0.756. The van der Waals surface area contributed by atoms with Gasteiger partial charge >= 0.3 is 0 Å². The van der Waals surface area contributed by atoms with Crippen molar-refractivity contribution in [3.8, 4) is 0 Å². The number of rotatable bonds is 3. The zero-order valence-corrected chi connectivity index (χ0v) is 15.1. The molecular formula is C19H19BrN2O2. The van der Waals surface area contributed by atoms with Gasteiger partial charge in [-0.15, -0.1) is 0 Å². The topological polar surface area (TPSA) is 40.6 Å². The molecule has 0 radical (unpaired) electrons. The van der Waals surface area contributed by atoms with Gasteiger partial charge in [0, 0.05) is 47.5 Å². The Bertz CT molecular complexity index is 767. The Morgan fingerprint density at radius 3 is 2.25 bits per heavy atom. The van der Waals surface area contributed by atoms with Gasteiger partial charge in [0.2, 0.25) is 0 Å². The van der Waals surface area contributed by atoms with Crippen LogP contribution in [0.25, 0.3) is 0 Å². The third-order valence-electron chi connectivity index (χ3n) is 4.26. The zero-order valence-electron chi connectivity index (χ0n) is 13.5. The van der Waals surface area contributed by atoms with E-state index in [1.807, 2.05) is 53.4 Å². The van der Waals surface area contributed by atoms with Crippen molar-refractivity contribution in [1.29, 1.82) is 0 Å². The SMILES string of the molecule is CC(=O)c1cccc(N2CCN(C(=O)c3cccc(Br)c3)CC2)c1. The minimum absolute atomic E-state index is 0.0634. The van der Waals surface area contributed by atoms with Crippen LogP contribution in [-0.2, 0) is 0 Å². The molecule has 4 nitrogen and oxygen atoms in total. The van der Waals surface area contributed by atoms with Crippen LogP contribution in [0.3, 0.4) is 0 Å². The number of nitrogens with zero attached hydrogens (tertiary/aromatic N) is 2. The first kappa shape index (κ1) is 16.7.